The molecule has 0 spiro atoms. The molecule has 0 bridgehead atoms. The van der Waals surface area contributed by atoms with Crippen LogP contribution in [0.5, 0.6) is 0 Å². The van der Waals surface area contributed by atoms with Crippen LogP contribution >= 0.6 is 35.1 Å². The Morgan fingerprint density at radius 1 is 0.970 bits per heavy atom. The zero-order valence-corrected chi connectivity index (χ0v) is 20.6. The molecule has 0 fully saturated rings. The smallest absolute Gasteiger partial charge is 0.275 e. The fourth-order valence-corrected chi connectivity index (χ4v) is 4.92. The summed E-state index contributed by atoms with van der Waals surface area (Å²) in [5.74, 6) is 0.463. The van der Waals surface area contributed by atoms with E-state index in [1.54, 1.807) is 6.20 Å². The number of benzene rings is 3. The number of nitrogens with zero attached hydrogens (tertiary/aromatic N) is 2. The van der Waals surface area contributed by atoms with Gasteiger partial charge >= 0.3 is 0 Å². The molecule has 1 heterocycles. The van der Waals surface area contributed by atoms with Crippen LogP contribution in [-0.4, -0.2) is 15.9 Å². The van der Waals surface area contributed by atoms with Crippen molar-refractivity contribution in [2.45, 2.75) is 34.5 Å². The van der Waals surface area contributed by atoms with Crippen LogP contribution in [0.1, 0.15) is 27.2 Å². The fraction of sp³-hybridized carbons (Fsp3) is 0.115. The molecule has 0 aliphatic carbocycles. The number of aryl methyl sites for hydroxylation is 2. The van der Waals surface area contributed by atoms with E-state index in [4.69, 9.17) is 11.6 Å². The molecule has 0 saturated carbocycles. The van der Waals surface area contributed by atoms with Crippen LogP contribution in [0.4, 0.5) is 5.69 Å². The third-order valence-corrected chi connectivity index (χ3v) is 7.11. The number of aromatic nitrogens is 2. The lowest BCUT2D eigenvalue weighted by Crippen LogP contribution is -2.16. The van der Waals surface area contributed by atoms with Gasteiger partial charge in [0.05, 0.1) is 4.90 Å². The van der Waals surface area contributed by atoms with Gasteiger partial charge in [0.15, 0.2) is 5.16 Å². The van der Waals surface area contributed by atoms with Crippen molar-refractivity contribution < 1.29 is 4.79 Å². The molecule has 0 aliphatic heterocycles. The average molecular weight is 492 g/mol. The molecule has 4 nitrogen and oxygen atoms in total. The number of anilines is 1. The molecular weight excluding hydrogens is 470 g/mol. The van der Waals surface area contributed by atoms with Crippen molar-refractivity contribution in [1.82, 2.24) is 9.97 Å². The van der Waals surface area contributed by atoms with Crippen molar-refractivity contribution >= 4 is 46.7 Å². The molecule has 0 unspecified atom stereocenters. The first kappa shape index (κ1) is 23.4. The van der Waals surface area contributed by atoms with E-state index in [9.17, 15) is 4.79 Å². The molecule has 166 valence electrons. The number of hydrogen-bond donors (Lipinski definition) is 1. The van der Waals surface area contributed by atoms with Crippen LogP contribution in [0.15, 0.2) is 93.9 Å². The van der Waals surface area contributed by atoms with Crippen LogP contribution in [0.25, 0.3) is 0 Å². The van der Waals surface area contributed by atoms with Crippen LogP contribution in [0.2, 0.25) is 5.02 Å². The van der Waals surface area contributed by atoms with Gasteiger partial charge in [-0.15, -0.1) is 0 Å². The number of rotatable bonds is 7. The molecule has 7 heteroatoms. The SMILES string of the molecule is Cc1ccc(NC(=O)c2nc(SCc3ccccc3C)ncc2Sc2ccc(Cl)cc2)cc1. The third kappa shape index (κ3) is 6.38. The quantitative estimate of drug-likeness (QED) is 0.215. The molecular formula is C26H22ClN3OS2. The minimum absolute atomic E-state index is 0.268. The third-order valence-electron chi connectivity index (χ3n) is 4.92. The maximum absolute atomic E-state index is 13.2. The Balaban J connectivity index is 1.60. The molecule has 1 N–H and O–H groups in total. The number of carbonyl (C=O) groups is 1. The Morgan fingerprint density at radius 2 is 1.70 bits per heavy atom. The van der Waals surface area contributed by atoms with Crippen molar-refractivity contribution in [2.75, 3.05) is 5.32 Å². The summed E-state index contributed by atoms with van der Waals surface area (Å²) in [6.45, 7) is 4.10. The standard InChI is InChI=1S/C26H22ClN3OS2/c1-17-7-11-21(12-8-17)29-25(31)24-23(33-22-13-9-20(27)10-14-22)15-28-26(30-24)32-16-19-6-4-3-5-18(19)2/h3-15H,16H2,1-2H3,(H,29,31). The number of nitrogens with one attached hydrogen (secondary N) is 1. The highest BCUT2D eigenvalue weighted by Crippen LogP contribution is 2.32. The van der Waals surface area contributed by atoms with Crippen LogP contribution < -0.4 is 5.32 Å². The Labute approximate surface area is 207 Å². The summed E-state index contributed by atoms with van der Waals surface area (Å²) in [7, 11) is 0. The molecule has 4 aromatic rings. The minimum atomic E-state index is -0.268. The van der Waals surface area contributed by atoms with Gasteiger partial charge in [0.2, 0.25) is 0 Å². The number of thioether (sulfide) groups is 1. The molecule has 1 amide bonds. The fourth-order valence-electron chi connectivity index (χ4n) is 3.03. The van der Waals surface area contributed by atoms with E-state index in [0.717, 1.165) is 21.9 Å². The minimum Gasteiger partial charge on any atom is -0.321 e. The van der Waals surface area contributed by atoms with Crippen LogP contribution in [0.3, 0.4) is 0 Å². The highest BCUT2D eigenvalue weighted by Gasteiger charge is 2.17. The topological polar surface area (TPSA) is 54.9 Å². The Bertz CT molecular complexity index is 1260. The maximum Gasteiger partial charge on any atom is 0.275 e. The molecule has 0 saturated heterocycles. The highest BCUT2D eigenvalue weighted by molar-refractivity contribution is 7.99. The van der Waals surface area contributed by atoms with Crippen molar-refractivity contribution in [3.8, 4) is 0 Å². The lowest BCUT2D eigenvalue weighted by molar-refractivity contribution is 0.101. The zero-order chi connectivity index (χ0) is 23.2. The van der Waals surface area contributed by atoms with Gasteiger partial charge in [-0.1, -0.05) is 77.1 Å². The largest absolute Gasteiger partial charge is 0.321 e. The molecule has 0 atom stereocenters. The van der Waals surface area contributed by atoms with Crippen molar-refractivity contribution in [3.63, 3.8) is 0 Å². The summed E-state index contributed by atoms with van der Waals surface area (Å²) in [5.41, 5.74) is 4.64. The van der Waals surface area contributed by atoms with E-state index >= 15 is 0 Å². The summed E-state index contributed by atoms with van der Waals surface area (Å²) < 4.78 is 0. The van der Waals surface area contributed by atoms with E-state index in [-0.39, 0.29) is 5.91 Å². The number of halogens is 1. The number of carbonyl (C=O) groups excluding carboxylic acids is 1. The molecule has 3 aromatic carbocycles. The first-order valence-corrected chi connectivity index (χ1v) is 12.5. The predicted molar refractivity (Wildman–Crippen MR) is 137 cm³/mol. The second-order valence-corrected chi connectivity index (χ2v) is 9.95. The van der Waals surface area contributed by atoms with Crippen molar-refractivity contribution in [1.29, 1.82) is 0 Å². The van der Waals surface area contributed by atoms with Gasteiger partial charge in [0.1, 0.15) is 5.69 Å². The van der Waals surface area contributed by atoms with Gasteiger partial charge < -0.3 is 5.32 Å². The van der Waals surface area contributed by atoms with Crippen molar-refractivity contribution in [3.05, 3.63) is 106 Å². The summed E-state index contributed by atoms with van der Waals surface area (Å²) >= 11 is 8.97. The normalized spacial score (nSPS) is 10.8. The van der Waals surface area contributed by atoms with Gasteiger partial charge in [-0.3, -0.25) is 4.79 Å². The van der Waals surface area contributed by atoms with E-state index in [0.29, 0.717) is 20.8 Å². The van der Waals surface area contributed by atoms with Gasteiger partial charge in [-0.05, 0) is 61.4 Å². The van der Waals surface area contributed by atoms with Crippen LogP contribution in [-0.2, 0) is 5.75 Å². The highest BCUT2D eigenvalue weighted by atomic mass is 35.5. The molecule has 4 rings (SSSR count). The second-order valence-electron chi connectivity index (χ2n) is 7.46. The summed E-state index contributed by atoms with van der Waals surface area (Å²) in [6, 6.07) is 23.4. The Kier molecular flexibility index (Phi) is 7.70. The predicted octanol–water partition coefficient (Wildman–Crippen LogP) is 7.44. The lowest BCUT2D eigenvalue weighted by Gasteiger charge is -2.11. The average Bonchev–Trinajstić information content (AvgIpc) is 2.82. The second kappa shape index (κ2) is 10.9. The van der Waals surface area contributed by atoms with Gasteiger partial charge in [-0.25, -0.2) is 9.97 Å². The van der Waals surface area contributed by atoms with Crippen molar-refractivity contribution in [2.24, 2.45) is 0 Å². The first-order valence-electron chi connectivity index (χ1n) is 10.3. The van der Waals surface area contributed by atoms with Crippen LogP contribution in [0, 0.1) is 13.8 Å². The van der Waals surface area contributed by atoms with Gasteiger partial charge in [0.25, 0.3) is 5.91 Å². The van der Waals surface area contributed by atoms with E-state index in [1.165, 1.54) is 34.7 Å². The van der Waals surface area contributed by atoms with E-state index in [2.05, 4.69) is 34.3 Å². The molecule has 1 aromatic heterocycles. The zero-order valence-electron chi connectivity index (χ0n) is 18.2. The summed E-state index contributed by atoms with van der Waals surface area (Å²) in [5, 5.41) is 4.18. The van der Waals surface area contributed by atoms with Gasteiger partial charge in [-0.2, -0.15) is 0 Å². The monoisotopic (exact) mass is 491 g/mol. The molecule has 0 radical (unpaired) electrons. The van der Waals surface area contributed by atoms with E-state index in [1.807, 2.05) is 67.6 Å². The number of hydrogen-bond acceptors (Lipinski definition) is 5. The Morgan fingerprint density at radius 3 is 2.42 bits per heavy atom. The molecule has 0 aliphatic rings. The first-order chi connectivity index (χ1) is 16.0. The Hall–Kier alpha value is -2.80. The van der Waals surface area contributed by atoms with E-state index < -0.39 is 0 Å². The summed E-state index contributed by atoms with van der Waals surface area (Å²) in [6.07, 6.45) is 1.72. The lowest BCUT2D eigenvalue weighted by atomic mass is 10.1. The van der Waals surface area contributed by atoms with Gasteiger partial charge in [0, 0.05) is 27.6 Å². The number of amides is 1. The maximum atomic E-state index is 13.2. The molecule has 33 heavy (non-hydrogen) atoms. The summed E-state index contributed by atoms with van der Waals surface area (Å²) in [4.78, 5) is 24.0.